The summed E-state index contributed by atoms with van der Waals surface area (Å²) in [5.74, 6) is 0.402. The fourth-order valence-corrected chi connectivity index (χ4v) is 3.44. The summed E-state index contributed by atoms with van der Waals surface area (Å²) in [6, 6.07) is 4.02. The minimum atomic E-state index is -0.424. The quantitative estimate of drug-likeness (QED) is 0.852. The smallest absolute Gasteiger partial charge is 0.246 e. The summed E-state index contributed by atoms with van der Waals surface area (Å²) in [7, 11) is 1.66. The molecule has 2 saturated heterocycles. The van der Waals surface area contributed by atoms with Crippen LogP contribution in [-0.4, -0.2) is 75.8 Å². The molecule has 0 aliphatic carbocycles. The zero-order valence-corrected chi connectivity index (χ0v) is 13.3. The van der Waals surface area contributed by atoms with Crippen LogP contribution in [0.15, 0.2) is 18.2 Å². The number of nitrogens with one attached hydrogen (secondary N) is 1. The van der Waals surface area contributed by atoms with Gasteiger partial charge in [-0.05, 0) is 18.2 Å². The molecule has 2 fully saturated rings. The van der Waals surface area contributed by atoms with Gasteiger partial charge < -0.3 is 14.8 Å². The Morgan fingerprint density at radius 1 is 1.33 bits per heavy atom. The number of piperazine rings is 2. The molecular weight excluding hydrogens is 313 g/mol. The molecule has 1 N–H and O–H groups in total. The number of amides is 2. The van der Waals surface area contributed by atoms with Crippen LogP contribution >= 0.6 is 0 Å². The van der Waals surface area contributed by atoms with Crippen LogP contribution in [0.4, 0.5) is 4.39 Å². The molecule has 0 bridgehead atoms. The summed E-state index contributed by atoms with van der Waals surface area (Å²) in [6.45, 7) is 2.40. The lowest BCUT2D eigenvalue weighted by molar-refractivity contribution is -0.158. The number of carbonyl (C=O) groups excluding carboxylic acids is 2. The van der Waals surface area contributed by atoms with E-state index in [-0.39, 0.29) is 24.2 Å². The van der Waals surface area contributed by atoms with Crippen molar-refractivity contribution in [1.82, 2.24) is 24.7 Å². The van der Waals surface area contributed by atoms with E-state index >= 15 is 0 Å². The Hall–Kier alpha value is -2.48. The van der Waals surface area contributed by atoms with Crippen LogP contribution < -0.4 is 0 Å². The van der Waals surface area contributed by atoms with Crippen molar-refractivity contribution in [3.8, 4) is 0 Å². The molecule has 8 heteroatoms. The van der Waals surface area contributed by atoms with Crippen molar-refractivity contribution in [1.29, 1.82) is 0 Å². The summed E-state index contributed by atoms with van der Waals surface area (Å²) in [5, 5.41) is 0. The molecule has 0 saturated carbocycles. The zero-order valence-electron chi connectivity index (χ0n) is 13.3. The minimum Gasteiger partial charge on any atom is -0.341 e. The number of halogens is 1. The number of fused-ring (bicyclic) bond motifs is 2. The van der Waals surface area contributed by atoms with Gasteiger partial charge in [-0.15, -0.1) is 0 Å². The van der Waals surface area contributed by atoms with E-state index in [9.17, 15) is 14.0 Å². The second kappa shape index (κ2) is 5.55. The average Bonchev–Trinajstić information content (AvgIpc) is 2.94. The van der Waals surface area contributed by atoms with Gasteiger partial charge in [0.15, 0.2) is 0 Å². The van der Waals surface area contributed by atoms with Crippen LogP contribution in [0.2, 0.25) is 0 Å². The van der Waals surface area contributed by atoms with Gasteiger partial charge in [-0.2, -0.15) is 0 Å². The Bertz CT molecular complexity index is 820. The Kier molecular flexibility index (Phi) is 3.49. The van der Waals surface area contributed by atoms with Crippen LogP contribution in [0.5, 0.6) is 0 Å². The maximum absolute atomic E-state index is 13.3. The first-order valence-corrected chi connectivity index (χ1v) is 7.92. The average molecular weight is 331 g/mol. The Balaban J connectivity index is 1.51. The highest BCUT2D eigenvalue weighted by molar-refractivity contribution is 5.95. The lowest BCUT2D eigenvalue weighted by Gasteiger charge is -2.45. The number of rotatable bonds is 2. The Morgan fingerprint density at radius 3 is 3.00 bits per heavy atom. The highest BCUT2D eigenvalue weighted by Crippen LogP contribution is 2.19. The normalized spacial score (nSPS) is 22.3. The molecule has 4 rings (SSSR count). The third-order valence-electron chi connectivity index (χ3n) is 4.68. The molecule has 1 aromatic carbocycles. The van der Waals surface area contributed by atoms with Crippen molar-refractivity contribution in [3.63, 3.8) is 0 Å². The third kappa shape index (κ3) is 2.52. The number of hydrogen-bond acceptors (Lipinski definition) is 4. The van der Waals surface area contributed by atoms with Crippen LogP contribution in [0.1, 0.15) is 5.82 Å². The van der Waals surface area contributed by atoms with Crippen molar-refractivity contribution >= 4 is 22.8 Å². The van der Waals surface area contributed by atoms with Crippen molar-refractivity contribution in [3.05, 3.63) is 29.8 Å². The number of nitrogens with zero attached hydrogens (tertiary/aromatic N) is 4. The van der Waals surface area contributed by atoms with Gasteiger partial charge in [0.2, 0.25) is 11.8 Å². The van der Waals surface area contributed by atoms with Crippen molar-refractivity contribution in [2.45, 2.75) is 12.6 Å². The Morgan fingerprint density at radius 2 is 2.17 bits per heavy atom. The van der Waals surface area contributed by atoms with E-state index < -0.39 is 6.04 Å². The summed E-state index contributed by atoms with van der Waals surface area (Å²) < 4.78 is 13.3. The highest BCUT2D eigenvalue weighted by atomic mass is 19.1. The van der Waals surface area contributed by atoms with E-state index in [1.165, 1.54) is 17.0 Å². The molecule has 126 valence electrons. The summed E-state index contributed by atoms with van der Waals surface area (Å²) in [6.07, 6.45) is 0. The van der Waals surface area contributed by atoms with Crippen LogP contribution in [0.3, 0.4) is 0 Å². The first kappa shape index (κ1) is 15.1. The first-order valence-electron chi connectivity index (χ1n) is 7.92. The molecule has 1 atom stereocenters. The molecule has 24 heavy (non-hydrogen) atoms. The minimum absolute atomic E-state index is 0.000891. The topological polar surface area (TPSA) is 72.5 Å². The highest BCUT2D eigenvalue weighted by Gasteiger charge is 2.41. The third-order valence-corrected chi connectivity index (χ3v) is 4.68. The Labute approximate surface area is 138 Å². The zero-order chi connectivity index (χ0) is 16.8. The second-order valence-electron chi connectivity index (χ2n) is 6.38. The second-order valence-corrected chi connectivity index (χ2v) is 6.38. The molecule has 7 nitrogen and oxygen atoms in total. The molecule has 2 aliphatic rings. The van der Waals surface area contributed by atoms with Crippen molar-refractivity contribution in [2.24, 2.45) is 0 Å². The number of aromatic amines is 1. The predicted octanol–water partition coefficient (Wildman–Crippen LogP) is 0.187. The van der Waals surface area contributed by atoms with Crippen LogP contribution in [0.25, 0.3) is 11.0 Å². The molecule has 1 aromatic heterocycles. The number of hydrogen-bond donors (Lipinski definition) is 1. The van der Waals surface area contributed by atoms with Gasteiger partial charge in [-0.25, -0.2) is 9.37 Å². The lowest BCUT2D eigenvalue weighted by atomic mass is 10.1. The molecule has 2 aliphatic heterocycles. The van der Waals surface area contributed by atoms with E-state index in [4.69, 9.17) is 0 Å². The van der Waals surface area contributed by atoms with Gasteiger partial charge in [0.05, 0.1) is 24.1 Å². The van der Waals surface area contributed by atoms with E-state index in [0.29, 0.717) is 37.2 Å². The largest absolute Gasteiger partial charge is 0.341 e. The van der Waals surface area contributed by atoms with Crippen LogP contribution in [0, 0.1) is 5.82 Å². The number of H-pyrrole nitrogens is 1. The van der Waals surface area contributed by atoms with Gasteiger partial charge in [0, 0.05) is 26.7 Å². The summed E-state index contributed by atoms with van der Waals surface area (Å²) >= 11 is 0. The van der Waals surface area contributed by atoms with E-state index in [0.717, 1.165) is 5.82 Å². The van der Waals surface area contributed by atoms with Gasteiger partial charge in [-0.1, -0.05) is 0 Å². The SMILES string of the molecule is CN1CC(=O)N2CCN(Cc3nc4ccc(F)cc4[nH]3)CC2C1=O. The van der Waals surface area contributed by atoms with Gasteiger partial charge in [0.25, 0.3) is 0 Å². The fraction of sp³-hybridized carbons (Fsp3) is 0.438. The van der Waals surface area contributed by atoms with Crippen LogP contribution in [-0.2, 0) is 16.1 Å². The molecule has 2 amide bonds. The van der Waals surface area contributed by atoms with Crippen molar-refractivity contribution in [2.75, 3.05) is 33.2 Å². The lowest BCUT2D eigenvalue weighted by Crippen LogP contribution is -2.65. The van der Waals surface area contributed by atoms with E-state index in [2.05, 4.69) is 14.9 Å². The summed E-state index contributed by atoms with van der Waals surface area (Å²) in [5.41, 5.74) is 1.38. The van der Waals surface area contributed by atoms with Gasteiger partial charge >= 0.3 is 0 Å². The molecule has 3 heterocycles. The predicted molar refractivity (Wildman–Crippen MR) is 84.5 cm³/mol. The van der Waals surface area contributed by atoms with E-state index in [1.807, 2.05) is 0 Å². The standard InChI is InChI=1S/C16H18FN5O2/c1-20-9-15(23)22-5-4-21(7-13(22)16(20)24)8-14-18-11-3-2-10(17)6-12(11)19-14/h2-3,6,13H,4-5,7-9H2,1H3,(H,18,19). The number of imidazole rings is 1. The molecule has 0 spiro atoms. The van der Waals surface area contributed by atoms with Gasteiger partial charge in [0.1, 0.15) is 17.7 Å². The number of likely N-dealkylation sites (N-methyl/N-ethyl adjacent to an activating group) is 1. The number of carbonyl (C=O) groups is 2. The summed E-state index contributed by atoms with van der Waals surface area (Å²) in [4.78, 5) is 37.2. The number of benzene rings is 1. The van der Waals surface area contributed by atoms with Gasteiger partial charge in [-0.3, -0.25) is 14.5 Å². The van der Waals surface area contributed by atoms with Crippen molar-refractivity contribution < 1.29 is 14.0 Å². The molecule has 2 aromatic rings. The van der Waals surface area contributed by atoms with E-state index in [1.54, 1.807) is 18.0 Å². The first-order chi connectivity index (χ1) is 11.5. The maximum atomic E-state index is 13.3. The fourth-order valence-electron chi connectivity index (χ4n) is 3.44. The molecular formula is C16H18FN5O2. The number of aromatic nitrogens is 2. The maximum Gasteiger partial charge on any atom is 0.246 e. The molecule has 1 unspecified atom stereocenters. The monoisotopic (exact) mass is 331 g/mol. The molecule has 0 radical (unpaired) electrons.